The zero-order valence-corrected chi connectivity index (χ0v) is 10.4. The molecule has 0 bridgehead atoms. The van der Waals surface area contributed by atoms with Crippen LogP contribution in [0, 0.1) is 11.8 Å². The third kappa shape index (κ3) is 17.4. The normalized spacial score (nSPS) is 9.71. The Bertz CT molecular complexity index is 169. The van der Waals surface area contributed by atoms with Crippen LogP contribution in [0.4, 0.5) is 0 Å². The quantitative estimate of drug-likeness (QED) is 0.698. The van der Waals surface area contributed by atoms with Gasteiger partial charge in [0.15, 0.2) is 0 Å². The zero-order chi connectivity index (χ0) is 11.7. The van der Waals surface area contributed by atoms with Gasteiger partial charge in [0.1, 0.15) is 11.6 Å². The van der Waals surface area contributed by atoms with Crippen molar-refractivity contribution >= 4 is 11.6 Å². The maximum absolute atomic E-state index is 10.3. The second-order valence-electron chi connectivity index (χ2n) is 4.40. The number of Topliss-reactive ketones (excluding diaryl/α,β-unsaturated/α-hetero) is 2. The Balaban J connectivity index is 0. The van der Waals surface area contributed by atoms with Crippen molar-refractivity contribution in [2.45, 2.75) is 54.4 Å². The molecule has 0 radical (unpaired) electrons. The van der Waals surface area contributed by atoms with Crippen LogP contribution in [-0.4, -0.2) is 11.6 Å². The van der Waals surface area contributed by atoms with Crippen molar-refractivity contribution in [1.82, 2.24) is 0 Å². The largest absolute Gasteiger partial charge is 0.300 e. The SMILES string of the molecule is CC(=O)C(C)C.CC(=O)CCC(C)C. The number of carbonyl (C=O) groups is 2. The molecule has 0 amide bonds. The van der Waals surface area contributed by atoms with Crippen molar-refractivity contribution in [2.24, 2.45) is 11.8 Å². The van der Waals surface area contributed by atoms with Crippen LogP contribution in [0.3, 0.4) is 0 Å². The monoisotopic (exact) mass is 200 g/mol. The molecule has 0 aromatic carbocycles. The third-order valence-corrected chi connectivity index (χ3v) is 1.89. The minimum absolute atomic E-state index is 0.213. The molecule has 0 aliphatic rings. The summed E-state index contributed by atoms with van der Waals surface area (Å²) in [7, 11) is 0. The molecule has 0 aliphatic carbocycles. The molecule has 0 saturated heterocycles. The van der Waals surface area contributed by atoms with Gasteiger partial charge in [0.05, 0.1) is 0 Å². The van der Waals surface area contributed by atoms with Crippen molar-refractivity contribution < 1.29 is 9.59 Å². The predicted octanol–water partition coefficient (Wildman–Crippen LogP) is 3.24. The fourth-order valence-corrected chi connectivity index (χ4v) is 0.492. The molecule has 0 aromatic rings. The fourth-order valence-electron chi connectivity index (χ4n) is 0.492. The topological polar surface area (TPSA) is 34.1 Å². The van der Waals surface area contributed by atoms with Gasteiger partial charge in [-0.3, -0.25) is 4.79 Å². The van der Waals surface area contributed by atoms with Crippen LogP contribution < -0.4 is 0 Å². The van der Waals surface area contributed by atoms with Gasteiger partial charge < -0.3 is 4.79 Å². The summed E-state index contributed by atoms with van der Waals surface area (Å²) in [5.41, 5.74) is 0. The Kier molecular flexibility index (Phi) is 10.1. The van der Waals surface area contributed by atoms with Crippen molar-refractivity contribution in [2.75, 3.05) is 0 Å². The molecule has 0 saturated carbocycles. The number of hydrogen-bond donors (Lipinski definition) is 0. The summed E-state index contributed by atoms with van der Waals surface area (Å²) in [6, 6.07) is 0. The first-order valence-electron chi connectivity index (χ1n) is 5.27. The predicted molar refractivity (Wildman–Crippen MR) is 60.3 cm³/mol. The van der Waals surface area contributed by atoms with Gasteiger partial charge in [0.2, 0.25) is 0 Å². The molecule has 0 rings (SSSR count). The lowest BCUT2D eigenvalue weighted by Gasteiger charge is -1.98. The molecule has 0 aromatic heterocycles. The third-order valence-electron chi connectivity index (χ3n) is 1.89. The standard InChI is InChI=1S/C7H14O.C5H10O/c1-6(2)4-5-7(3)8;1-4(2)5(3)6/h6H,4-5H2,1-3H3;4H,1-3H3. The van der Waals surface area contributed by atoms with Gasteiger partial charge in [-0.05, 0) is 26.2 Å². The van der Waals surface area contributed by atoms with Crippen molar-refractivity contribution in [3.8, 4) is 0 Å². The molecule has 2 heteroatoms. The van der Waals surface area contributed by atoms with Crippen LogP contribution in [-0.2, 0) is 9.59 Å². The molecule has 0 atom stereocenters. The smallest absolute Gasteiger partial charge is 0.132 e. The van der Waals surface area contributed by atoms with Gasteiger partial charge >= 0.3 is 0 Å². The molecular formula is C12H24O2. The minimum atomic E-state index is 0.213. The van der Waals surface area contributed by atoms with Crippen molar-refractivity contribution in [3.05, 3.63) is 0 Å². The second-order valence-corrected chi connectivity index (χ2v) is 4.40. The molecule has 14 heavy (non-hydrogen) atoms. The van der Waals surface area contributed by atoms with E-state index in [2.05, 4.69) is 13.8 Å². The van der Waals surface area contributed by atoms with Crippen LogP contribution in [0.15, 0.2) is 0 Å². The van der Waals surface area contributed by atoms with Crippen molar-refractivity contribution in [3.63, 3.8) is 0 Å². The summed E-state index contributed by atoms with van der Waals surface area (Å²) < 4.78 is 0. The molecule has 0 spiro atoms. The van der Waals surface area contributed by atoms with E-state index in [0.29, 0.717) is 11.7 Å². The molecule has 0 unspecified atom stereocenters. The first kappa shape index (κ1) is 15.8. The Hall–Kier alpha value is -0.660. The van der Waals surface area contributed by atoms with Gasteiger partial charge in [-0.2, -0.15) is 0 Å². The molecule has 84 valence electrons. The highest BCUT2D eigenvalue weighted by atomic mass is 16.1. The Morgan fingerprint density at radius 3 is 1.43 bits per heavy atom. The van der Waals surface area contributed by atoms with Crippen LogP contribution >= 0.6 is 0 Å². The average Bonchev–Trinajstić information content (AvgIpc) is 2.01. The maximum Gasteiger partial charge on any atom is 0.132 e. The Labute approximate surface area is 88.1 Å². The summed E-state index contributed by atoms with van der Waals surface area (Å²) in [4.78, 5) is 20.5. The van der Waals surface area contributed by atoms with E-state index >= 15 is 0 Å². The summed E-state index contributed by atoms with van der Waals surface area (Å²) in [6.07, 6.45) is 1.78. The van der Waals surface area contributed by atoms with Gasteiger partial charge in [-0.15, -0.1) is 0 Å². The van der Waals surface area contributed by atoms with E-state index in [0.717, 1.165) is 12.8 Å². The van der Waals surface area contributed by atoms with Gasteiger partial charge in [0, 0.05) is 12.3 Å². The van der Waals surface area contributed by atoms with E-state index in [-0.39, 0.29) is 11.7 Å². The van der Waals surface area contributed by atoms with Gasteiger partial charge in [-0.25, -0.2) is 0 Å². The fraction of sp³-hybridized carbons (Fsp3) is 0.833. The van der Waals surface area contributed by atoms with E-state index < -0.39 is 0 Å². The molecule has 2 nitrogen and oxygen atoms in total. The van der Waals surface area contributed by atoms with Crippen LogP contribution in [0.1, 0.15) is 54.4 Å². The summed E-state index contributed by atoms with van der Waals surface area (Å²) >= 11 is 0. The van der Waals surface area contributed by atoms with Gasteiger partial charge in [0.25, 0.3) is 0 Å². The number of hydrogen-bond acceptors (Lipinski definition) is 2. The number of rotatable bonds is 4. The first-order chi connectivity index (χ1) is 6.27. The molecule has 0 heterocycles. The summed E-state index contributed by atoms with van der Waals surface area (Å²) in [5.74, 6) is 1.44. The van der Waals surface area contributed by atoms with Crippen LogP contribution in [0.5, 0.6) is 0 Å². The number of carbonyl (C=O) groups excluding carboxylic acids is 2. The highest BCUT2D eigenvalue weighted by molar-refractivity contribution is 5.77. The summed E-state index contributed by atoms with van der Waals surface area (Å²) in [5, 5.41) is 0. The summed E-state index contributed by atoms with van der Waals surface area (Å²) in [6.45, 7) is 11.3. The lowest BCUT2D eigenvalue weighted by atomic mass is 10.1. The molecule has 0 fully saturated rings. The molecular weight excluding hydrogens is 176 g/mol. The van der Waals surface area contributed by atoms with Crippen LogP contribution in [0.25, 0.3) is 0 Å². The minimum Gasteiger partial charge on any atom is -0.300 e. The lowest BCUT2D eigenvalue weighted by molar-refractivity contribution is -0.119. The Morgan fingerprint density at radius 1 is 1.00 bits per heavy atom. The van der Waals surface area contributed by atoms with E-state index in [4.69, 9.17) is 0 Å². The van der Waals surface area contributed by atoms with Gasteiger partial charge in [-0.1, -0.05) is 27.7 Å². The van der Waals surface area contributed by atoms with E-state index in [1.165, 1.54) is 0 Å². The maximum atomic E-state index is 10.3. The van der Waals surface area contributed by atoms with Crippen LogP contribution in [0.2, 0.25) is 0 Å². The molecule has 0 N–H and O–H groups in total. The van der Waals surface area contributed by atoms with E-state index in [1.807, 2.05) is 13.8 Å². The van der Waals surface area contributed by atoms with E-state index in [9.17, 15) is 9.59 Å². The highest BCUT2D eigenvalue weighted by Crippen LogP contribution is 2.02. The zero-order valence-electron chi connectivity index (χ0n) is 10.4. The average molecular weight is 200 g/mol. The lowest BCUT2D eigenvalue weighted by Crippen LogP contribution is -1.98. The Morgan fingerprint density at radius 2 is 1.36 bits per heavy atom. The molecule has 0 aliphatic heterocycles. The highest BCUT2D eigenvalue weighted by Gasteiger charge is 1.95. The second kappa shape index (κ2) is 8.92. The van der Waals surface area contributed by atoms with E-state index in [1.54, 1.807) is 13.8 Å². The number of ketones is 2. The first-order valence-corrected chi connectivity index (χ1v) is 5.27. The van der Waals surface area contributed by atoms with Crippen molar-refractivity contribution in [1.29, 1.82) is 0 Å².